The van der Waals surface area contributed by atoms with Gasteiger partial charge in [-0.3, -0.25) is 0 Å². The molecular formula is C10H14N2O5. The maximum absolute atomic E-state index is 11.0. The molecule has 0 fully saturated rings. The molecule has 0 amide bonds. The maximum atomic E-state index is 11.0. The van der Waals surface area contributed by atoms with Gasteiger partial charge >= 0.3 is 0 Å². The molecule has 0 atom stereocenters. The summed E-state index contributed by atoms with van der Waals surface area (Å²) in [7, 11) is 4.42. The van der Waals surface area contributed by atoms with Crippen LogP contribution < -0.4 is 14.2 Å². The van der Waals surface area contributed by atoms with E-state index in [2.05, 4.69) is 5.28 Å². The van der Waals surface area contributed by atoms with E-state index in [1.807, 2.05) is 0 Å². The summed E-state index contributed by atoms with van der Waals surface area (Å²) in [6, 6.07) is 3.28. The number of hydrogen-bond donors (Lipinski definition) is 1. The van der Waals surface area contributed by atoms with E-state index in [-0.39, 0.29) is 11.4 Å². The average molecular weight is 242 g/mol. The standard InChI is InChI=1S/C10H14N2O5/c1-15-8-5-4-7(6-12(14)11-13)9(16-2)10(8)17-3/h4-5,13H,6H2,1-3H3/b12-11-. The predicted molar refractivity (Wildman–Crippen MR) is 57.6 cm³/mol. The van der Waals surface area contributed by atoms with E-state index >= 15 is 0 Å². The number of hydrogen-bond acceptors (Lipinski definition) is 5. The predicted octanol–water partition coefficient (Wildman–Crippen LogP) is 1.56. The maximum Gasteiger partial charge on any atom is 0.213 e. The lowest BCUT2D eigenvalue weighted by molar-refractivity contribution is -0.570. The topological polar surface area (TPSA) is 86.4 Å². The molecule has 7 heteroatoms. The summed E-state index contributed by atoms with van der Waals surface area (Å²) in [6.07, 6.45) is 0. The first-order valence-electron chi connectivity index (χ1n) is 4.75. The van der Waals surface area contributed by atoms with Crippen LogP contribution in [-0.4, -0.2) is 31.4 Å². The minimum Gasteiger partial charge on any atom is -0.597 e. The highest BCUT2D eigenvalue weighted by atomic mass is 16.6. The molecule has 0 unspecified atom stereocenters. The van der Waals surface area contributed by atoms with Crippen LogP contribution >= 0.6 is 0 Å². The molecule has 1 aromatic carbocycles. The fraction of sp³-hybridized carbons (Fsp3) is 0.400. The van der Waals surface area contributed by atoms with Crippen molar-refractivity contribution >= 4 is 0 Å². The molecule has 1 N–H and O–H groups in total. The lowest BCUT2D eigenvalue weighted by Crippen LogP contribution is -2.04. The van der Waals surface area contributed by atoms with E-state index in [0.29, 0.717) is 22.8 Å². The fourth-order valence-corrected chi connectivity index (χ4v) is 1.47. The molecule has 0 bridgehead atoms. The molecular weight excluding hydrogens is 228 g/mol. The molecule has 0 aliphatic rings. The quantitative estimate of drug-likeness (QED) is 0.481. The Bertz CT molecular complexity index is 419. The van der Waals surface area contributed by atoms with Crippen molar-refractivity contribution in [2.75, 3.05) is 21.3 Å². The Labute approximate surface area is 98.4 Å². The largest absolute Gasteiger partial charge is 0.597 e. The van der Waals surface area contributed by atoms with Crippen LogP contribution in [0.25, 0.3) is 0 Å². The molecule has 94 valence electrons. The minimum atomic E-state index is -0.153. The second kappa shape index (κ2) is 5.78. The van der Waals surface area contributed by atoms with Crippen LogP contribution in [0.4, 0.5) is 0 Å². The first-order valence-corrected chi connectivity index (χ1v) is 4.75. The molecule has 0 saturated carbocycles. The molecule has 0 aliphatic carbocycles. The van der Waals surface area contributed by atoms with Gasteiger partial charge in [0, 0.05) is 0 Å². The van der Waals surface area contributed by atoms with Gasteiger partial charge in [-0.1, -0.05) is 4.86 Å². The van der Waals surface area contributed by atoms with Gasteiger partial charge in [-0.2, -0.15) is 0 Å². The average Bonchev–Trinajstić information content (AvgIpc) is 2.37. The number of rotatable bonds is 5. The third kappa shape index (κ3) is 2.68. The van der Waals surface area contributed by atoms with Gasteiger partial charge in [-0.25, -0.2) is 0 Å². The lowest BCUT2D eigenvalue weighted by atomic mass is 10.1. The van der Waals surface area contributed by atoms with Crippen molar-refractivity contribution in [3.8, 4) is 17.2 Å². The van der Waals surface area contributed by atoms with Crippen molar-refractivity contribution in [1.29, 1.82) is 0 Å². The van der Waals surface area contributed by atoms with Crippen LogP contribution in [0.15, 0.2) is 17.4 Å². The van der Waals surface area contributed by atoms with Crippen LogP contribution in [0.1, 0.15) is 5.56 Å². The van der Waals surface area contributed by atoms with Gasteiger partial charge in [0.25, 0.3) is 0 Å². The molecule has 0 heterocycles. The van der Waals surface area contributed by atoms with Gasteiger partial charge in [0.1, 0.15) is 0 Å². The minimum absolute atomic E-state index is 0.129. The van der Waals surface area contributed by atoms with Crippen LogP contribution in [0.2, 0.25) is 0 Å². The zero-order valence-electron chi connectivity index (χ0n) is 9.84. The summed E-state index contributed by atoms with van der Waals surface area (Å²) < 4.78 is 15.4. The Kier molecular flexibility index (Phi) is 4.38. The van der Waals surface area contributed by atoms with Gasteiger partial charge in [-0.15, -0.1) is 0 Å². The Morgan fingerprint density at radius 3 is 2.29 bits per heavy atom. The summed E-state index contributed by atoms with van der Waals surface area (Å²) in [4.78, 5) is 0.129. The summed E-state index contributed by atoms with van der Waals surface area (Å²) in [5, 5.41) is 21.8. The van der Waals surface area contributed by atoms with Crippen LogP contribution in [-0.2, 0) is 6.54 Å². The number of hydroxylamine groups is 1. The molecule has 7 nitrogen and oxygen atoms in total. The van der Waals surface area contributed by atoms with Crippen LogP contribution in [0, 0.1) is 5.21 Å². The number of nitrogens with zero attached hydrogens (tertiary/aromatic N) is 2. The van der Waals surface area contributed by atoms with Gasteiger partial charge < -0.3 is 24.6 Å². The molecule has 1 rings (SSSR count). The summed E-state index contributed by atoms with van der Waals surface area (Å²) in [5.41, 5.74) is 0.526. The highest BCUT2D eigenvalue weighted by Crippen LogP contribution is 2.39. The Morgan fingerprint density at radius 1 is 1.18 bits per heavy atom. The van der Waals surface area contributed by atoms with Crippen molar-refractivity contribution in [1.82, 2.24) is 0 Å². The summed E-state index contributed by atoms with van der Waals surface area (Å²) in [6.45, 7) is -0.153. The van der Waals surface area contributed by atoms with Crippen LogP contribution in [0.3, 0.4) is 0 Å². The third-order valence-corrected chi connectivity index (χ3v) is 2.19. The van der Waals surface area contributed by atoms with Crippen molar-refractivity contribution in [3.63, 3.8) is 0 Å². The number of ether oxygens (including phenoxy) is 3. The Balaban J connectivity index is 3.23. The lowest BCUT2D eigenvalue weighted by Gasteiger charge is -2.14. The monoisotopic (exact) mass is 242 g/mol. The molecule has 0 aromatic heterocycles. The third-order valence-electron chi connectivity index (χ3n) is 2.19. The SMILES string of the molecule is COc1ccc(C/[N+]([O-])=N/O)c(OC)c1OC. The molecule has 1 aromatic rings. The smallest absolute Gasteiger partial charge is 0.213 e. The number of methoxy groups -OCH3 is 3. The Hall–Kier alpha value is -2.18. The van der Waals surface area contributed by atoms with Gasteiger partial charge in [0.15, 0.2) is 16.8 Å². The molecule has 17 heavy (non-hydrogen) atoms. The van der Waals surface area contributed by atoms with Crippen LogP contribution in [0.5, 0.6) is 17.2 Å². The second-order valence-corrected chi connectivity index (χ2v) is 3.09. The zero-order chi connectivity index (χ0) is 12.8. The molecule has 0 radical (unpaired) electrons. The van der Waals surface area contributed by atoms with E-state index in [9.17, 15) is 5.21 Å². The van der Waals surface area contributed by atoms with Gasteiger partial charge in [0.2, 0.25) is 12.3 Å². The fourth-order valence-electron chi connectivity index (χ4n) is 1.47. The highest BCUT2D eigenvalue weighted by Gasteiger charge is 2.18. The second-order valence-electron chi connectivity index (χ2n) is 3.09. The van der Waals surface area contributed by atoms with E-state index in [1.54, 1.807) is 12.1 Å². The van der Waals surface area contributed by atoms with Gasteiger partial charge in [0.05, 0.1) is 26.9 Å². The first-order chi connectivity index (χ1) is 8.17. The number of benzene rings is 1. The summed E-state index contributed by atoms with van der Waals surface area (Å²) >= 11 is 0. The molecule has 0 spiro atoms. The van der Waals surface area contributed by atoms with Crippen molar-refractivity contribution in [3.05, 3.63) is 22.9 Å². The Morgan fingerprint density at radius 2 is 1.82 bits per heavy atom. The van der Waals surface area contributed by atoms with Gasteiger partial charge in [-0.05, 0) is 12.1 Å². The van der Waals surface area contributed by atoms with E-state index in [4.69, 9.17) is 19.4 Å². The van der Waals surface area contributed by atoms with E-state index in [1.165, 1.54) is 21.3 Å². The summed E-state index contributed by atoms with van der Waals surface area (Å²) in [5.74, 6) is 1.25. The van der Waals surface area contributed by atoms with E-state index in [0.717, 1.165) is 0 Å². The van der Waals surface area contributed by atoms with Crippen molar-refractivity contribution in [2.24, 2.45) is 5.28 Å². The highest BCUT2D eigenvalue weighted by molar-refractivity contribution is 5.55. The molecule has 0 aliphatic heterocycles. The molecule has 0 saturated heterocycles. The van der Waals surface area contributed by atoms with Crippen molar-refractivity contribution in [2.45, 2.75) is 6.54 Å². The van der Waals surface area contributed by atoms with Crippen molar-refractivity contribution < 1.29 is 24.3 Å². The normalized spacial score (nSPS) is 11.1. The first kappa shape index (κ1) is 12.9. The zero-order valence-corrected chi connectivity index (χ0v) is 9.84. The van der Waals surface area contributed by atoms with E-state index < -0.39 is 0 Å².